The first kappa shape index (κ1) is 16.3. The highest BCUT2D eigenvalue weighted by Gasteiger charge is 2.15. The Morgan fingerprint density at radius 2 is 1.77 bits per heavy atom. The molecule has 0 saturated carbocycles. The van der Waals surface area contributed by atoms with E-state index in [9.17, 15) is 4.79 Å². The van der Waals surface area contributed by atoms with Crippen LogP contribution >= 0.6 is 11.3 Å². The number of thiazole rings is 1. The lowest BCUT2D eigenvalue weighted by atomic mass is 10.0. The van der Waals surface area contributed by atoms with Gasteiger partial charge < -0.3 is 4.74 Å². The van der Waals surface area contributed by atoms with Crippen molar-refractivity contribution in [3.05, 3.63) is 77.7 Å². The van der Waals surface area contributed by atoms with E-state index in [1.165, 1.54) is 11.3 Å². The summed E-state index contributed by atoms with van der Waals surface area (Å²) in [6.07, 6.45) is 0. The van der Waals surface area contributed by atoms with E-state index in [4.69, 9.17) is 4.74 Å². The molecule has 0 saturated heterocycles. The summed E-state index contributed by atoms with van der Waals surface area (Å²) in [7, 11) is 1.65. The topological polar surface area (TPSA) is 51.2 Å². The molecule has 3 aromatic carbocycles. The fraction of sp³-hybridized carbons (Fsp3) is 0.0476. The zero-order valence-corrected chi connectivity index (χ0v) is 14.9. The van der Waals surface area contributed by atoms with Crippen molar-refractivity contribution in [3.8, 4) is 17.0 Å². The van der Waals surface area contributed by atoms with Crippen molar-refractivity contribution in [2.24, 2.45) is 0 Å². The Balaban J connectivity index is 1.70. The molecule has 26 heavy (non-hydrogen) atoms. The second kappa shape index (κ2) is 6.98. The summed E-state index contributed by atoms with van der Waals surface area (Å²) in [4.78, 5) is 16.9. The predicted molar refractivity (Wildman–Crippen MR) is 106 cm³/mol. The zero-order valence-electron chi connectivity index (χ0n) is 14.1. The second-order valence-electron chi connectivity index (χ2n) is 5.72. The molecule has 1 heterocycles. The Morgan fingerprint density at radius 3 is 2.58 bits per heavy atom. The number of fused-ring (bicyclic) bond motifs is 1. The van der Waals surface area contributed by atoms with Crippen molar-refractivity contribution in [3.63, 3.8) is 0 Å². The number of hydrogen-bond donors (Lipinski definition) is 1. The maximum Gasteiger partial charge on any atom is 0.257 e. The van der Waals surface area contributed by atoms with Crippen LogP contribution in [0.4, 0.5) is 5.13 Å². The number of benzene rings is 3. The third-order valence-electron chi connectivity index (χ3n) is 4.13. The molecule has 5 heteroatoms. The number of methoxy groups -OCH3 is 1. The highest BCUT2D eigenvalue weighted by Crippen LogP contribution is 2.38. The molecule has 1 aromatic heterocycles. The van der Waals surface area contributed by atoms with E-state index in [-0.39, 0.29) is 5.91 Å². The van der Waals surface area contributed by atoms with Gasteiger partial charge in [-0.05, 0) is 29.0 Å². The molecule has 0 aliphatic carbocycles. The first-order valence-electron chi connectivity index (χ1n) is 8.14. The predicted octanol–water partition coefficient (Wildman–Crippen LogP) is 5.22. The molecule has 0 fully saturated rings. The Morgan fingerprint density at radius 1 is 1.00 bits per heavy atom. The van der Waals surface area contributed by atoms with Crippen LogP contribution in [0.25, 0.3) is 22.0 Å². The van der Waals surface area contributed by atoms with Gasteiger partial charge in [-0.3, -0.25) is 10.1 Å². The quantitative estimate of drug-likeness (QED) is 0.542. The molecule has 0 aliphatic rings. The largest absolute Gasteiger partial charge is 0.496 e. The second-order valence-corrected chi connectivity index (χ2v) is 6.58. The Labute approximate surface area is 155 Å². The number of aromatic nitrogens is 1. The normalized spacial score (nSPS) is 10.7. The molecule has 0 unspecified atom stereocenters. The van der Waals surface area contributed by atoms with Crippen molar-refractivity contribution in [1.29, 1.82) is 0 Å². The van der Waals surface area contributed by atoms with E-state index in [0.29, 0.717) is 10.7 Å². The molecule has 0 atom stereocenters. The smallest absolute Gasteiger partial charge is 0.257 e. The number of ether oxygens (including phenoxy) is 1. The van der Waals surface area contributed by atoms with E-state index in [1.807, 2.05) is 47.8 Å². The lowest BCUT2D eigenvalue weighted by Crippen LogP contribution is -2.11. The molecule has 4 rings (SSSR count). The number of nitrogens with one attached hydrogen (secondary N) is 1. The maximum atomic E-state index is 12.3. The monoisotopic (exact) mass is 360 g/mol. The van der Waals surface area contributed by atoms with Gasteiger partial charge in [0.15, 0.2) is 5.13 Å². The van der Waals surface area contributed by atoms with Crippen LogP contribution in [0.2, 0.25) is 0 Å². The van der Waals surface area contributed by atoms with Crippen LogP contribution in [-0.2, 0) is 0 Å². The van der Waals surface area contributed by atoms with E-state index < -0.39 is 0 Å². The minimum absolute atomic E-state index is 0.170. The van der Waals surface area contributed by atoms with Crippen molar-refractivity contribution in [2.75, 3.05) is 12.4 Å². The lowest BCUT2D eigenvalue weighted by Gasteiger charge is -2.10. The average molecular weight is 360 g/mol. The maximum absolute atomic E-state index is 12.3. The molecule has 1 N–H and O–H groups in total. The zero-order chi connectivity index (χ0) is 17.9. The van der Waals surface area contributed by atoms with Crippen molar-refractivity contribution >= 4 is 33.1 Å². The van der Waals surface area contributed by atoms with Crippen LogP contribution in [-0.4, -0.2) is 18.0 Å². The number of rotatable bonds is 4. The Bertz CT molecular complexity index is 1070. The van der Waals surface area contributed by atoms with E-state index in [0.717, 1.165) is 27.8 Å². The molecular weight excluding hydrogens is 344 g/mol. The van der Waals surface area contributed by atoms with Crippen LogP contribution in [0, 0.1) is 0 Å². The highest BCUT2D eigenvalue weighted by molar-refractivity contribution is 7.14. The summed E-state index contributed by atoms with van der Waals surface area (Å²) >= 11 is 1.40. The summed E-state index contributed by atoms with van der Waals surface area (Å²) in [6, 6.07) is 21.2. The van der Waals surface area contributed by atoms with E-state index in [2.05, 4.69) is 22.4 Å². The summed E-state index contributed by atoms with van der Waals surface area (Å²) in [6.45, 7) is 0. The van der Waals surface area contributed by atoms with E-state index in [1.54, 1.807) is 19.2 Å². The van der Waals surface area contributed by atoms with Crippen molar-refractivity contribution in [1.82, 2.24) is 4.98 Å². The van der Waals surface area contributed by atoms with Gasteiger partial charge in [0, 0.05) is 10.9 Å². The third-order valence-corrected chi connectivity index (χ3v) is 4.89. The van der Waals surface area contributed by atoms with Crippen LogP contribution in [0.5, 0.6) is 5.75 Å². The van der Waals surface area contributed by atoms with Crippen LogP contribution in [0.15, 0.2) is 72.1 Å². The molecule has 1 amide bonds. The van der Waals surface area contributed by atoms with Gasteiger partial charge in [0.1, 0.15) is 5.75 Å². The van der Waals surface area contributed by atoms with Crippen LogP contribution in [0.3, 0.4) is 0 Å². The minimum atomic E-state index is -0.170. The summed E-state index contributed by atoms with van der Waals surface area (Å²) < 4.78 is 5.54. The molecule has 128 valence electrons. The van der Waals surface area contributed by atoms with Gasteiger partial charge in [-0.1, -0.05) is 48.5 Å². The summed E-state index contributed by atoms with van der Waals surface area (Å²) in [5.74, 6) is 0.589. The number of carbonyl (C=O) groups excluding carboxylic acids is 1. The minimum Gasteiger partial charge on any atom is -0.496 e. The molecule has 4 nitrogen and oxygen atoms in total. The average Bonchev–Trinajstić information content (AvgIpc) is 3.15. The SMILES string of the molecule is COc1ccc2ccccc2c1-c1csc(NC(=O)c2ccccc2)n1. The molecule has 0 radical (unpaired) electrons. The van der Waals surface area contributed by atoms with Crippen molar-refractivity contribution in [2.45, 2.75) is 0 Å². The van der Waals surface area contributed by atoms with Gasteiger partial charge in [0.25, 0.3) is 5.91 Å². The fourth-order valence-corrected chi connectivity index (χ4v) is 3.59. The first-order valence-corrected chi connectivity index (χ1v) is 9.02. The van der Waals surface area contributed by atoms with Gasteiger partial charge in [0.2, 0.25) is 0 Å². The van der Waals surface area contributed by atoms with Crippen LogP contribution < -0.4 is 10.1 Å². The number of amides is 1. The van der Waals surface area contributed by atoms with Crippen molar-refractivity contribution < 1.29 is 9.53 Å². The molecule has 0 bridgehead atoms. The highest BCUT2D eigenvalue weighted by atomic mass is 32.1. The van der Waals surface area contributed by atoms with Gasteiger partial charge in [0.05, 0.1) is 18.4 Å². The van der Waals surface area contributed by atoms with Gasteiger partial charge in [-0.15, -0.1) is 11.3 Å². The Kier molecular flexibility index (Phi) is 4.37. The Hall–Kier alpha value is -3.18. The molecule has 4 aromatic rings. The first-order chi connectivity index (χ1) is 12.8. The molecular formula is C21H16N2O2S. The number of nitrogens with zero attached hydrogens (tertiary/aromatic N) is 1. The van der Waals surface area contributed by atoms with Gasteiger partial charge in [-0.2, -0.15) is 0 Å². The standard InChI is InChI=1S/C21H16N2O2S/c1-25-18-12-11-14-7-5-6-10-16(14)19(18)17-13-26-21(22-17)23-20(24)15-8-3-2-4-9-15/h2-13H,1H3,(H,22,23,24). The molecule has 0 aliphatic heterocycles. The molecule has 0 spiro atoms. The third kappa shape index (κ3) is 3.05. The number of hydrogen-bond acceptors (Lipinski definition) is 4. The van der Waals surface area contributed by atoms with E-state index >= 15 is 0 Å². The number of carbonyl (C=O) groups is 1. The van der Waals surface area contributed by atoms with Gasteiger partial charge in [-0.25, -0.2) is 4.98 Å². The number of anilines is 1. The fourth-order valence-electron chi connectivity index (χ4n) is 2.89. The van der Waals surface area contributed by atoms with Crippen LogP contribution in [0.1, 0.15) is 10.4 Å². The van der Waals surface area contributed by atoms with Gasteiger partial charge >= 0.3 is 0 Å². The lowest BCUT2D eigenvalue weighted by molar-refractivity contribution is 0.102. The summed E-state index contributed by atoms with van der Waals surface area (Å²) in [5, 5.41) is 7.54. The summed E-state index contributed by atoms with van der Waals surface area (Å²) in [5.41, 5.74) is 2.32.